The second-order valence-electron chi connectivity index (χ2n) is 4.62. The van der Waals surface area contributed by atoms with Gasteiger partial charge in [-0.25, -0.2) is 0 Å². The molecule has 2 rings (SSSR count). The number of carbonyl (C=O) groups excluding carboxylic acids is 3. The minimum absolute atomic E-state index is 0.210. The molecule has 0 saturated carbocycles. The van der Waals surface area contributed by atoms with Gasteiger partial charge in [-0.1, -0.05) is 12.1 Å². The number of rotatable bonds is 7. The summed E-state index contributed by atoms with van der Waals surface area (Å²) in [7, 11) is 0. The number of thioether (sulfide) groups is 1. The summed E-state index contributed by atoms with van der Waals surface area (Å²) in [6, 6.07) is 6.76. The van der Waals surface area contributed by atoms with Crippen LogP contribution in [0.5, 0.6) is 0 Å². The Hall–Kier alpha value is -1.82. The smallest absolute Gasteiger partial charge is 0.305 e. The van der Waals surface area contributed by atoms with Crippen molar-refractivity contribution in [2.24, 2.45) is 0 Å². The van der Waals surface area contributed by atoms with Gasteiger partial charge in [-0.05, 0) is 24.8 Å². The van der Waals surface area contributed by atoms with E-state index in [1.165, 1.54) is 4.90 Å². The molecule has 6 heteroatoms. The Bertz CT molecular complexity index is 523. The molecule has 1 heterocycles. The molecule has 1 aliphatic rings. The van der Waals surface area contributed by atoms with Crippen LogP contribution >= 0.6 is 11.8 Å². The summed E-state index contributed by atoms with van der Waals surface area (Å²) in [5, 5.41) is 0. The Balaban J connectivity index is 1.81. The largest absolute Gasteiger partial charge is 0.465 e. The van der Waals surface area contributed by atoms with Crippen LogP contribution in [0.4, 0.5) is 0 Å². The van der Waals surface area contributed by atoms with E-state index in [2.05, 4.69) is 0 Å². The van der Waals surface area contributed by atoms with Crippen LogP contribution in [0, 0.1) is 0 Å². The monoisotopic (exact) mass is 307 g/mol. The molecule has 112 valence electrons. The number of hydrogen-bond acceptors (Lipinski definition) is 5. The fourth-order valence-corrected chi connectivity index (χ4v) is 2.38. The van der Waals surface area contributed by atoms with E-state index in [-0.39, 0.29) is 30.7 Å². The lowest BCUT2D eigenvalue weighted by atomic mass is 10.1. The van der Waals surface area contributed by atoms with Crippen LogP contribution in [0.1, 0.15) is 33.6 Å². The Morgan fingerprint density at radius 1 is 1.19 bits per heavy atom. The average molecular weight is 307 g/mol. The summed E-state index contributed by atoms with van der Waals surface area (Å²) in [6.07, 6.45) is 2.57. The maximum Gasteiger partial charge on any atom is 0.305 e. The fourth-order valence-electron chi connectivity index (χ4n) is 2.13. The molecular weight excluding hydrogens is 290 g/mol. The molecule has 0 atom stereocenters. The summed E-state index contributed by atoms with van der Waals surface area (Å²) in [5.74, 6) is -0.0946. The molecule has 0 aliphatic carbocycles. The van der Waals surface area contributed by atoms with Crippen molar-refractivity contribution in [3.63, 3.8) is 0 Å². The minimum atomic E-state index is -0.291. The third-order valence-electron chi connectivity index (χ3n) is 3.19. The van der Waals surface area contributed by atoms with Crippen LogP contribution in [-0.4, -0.2) is 47.8 Å². The molecular formula is C15H17NO4S. The van der Waals surface area contributed by atoms with Crippen molar-refractivity contribution < 1.29 is 19.1 Å². The first-order valence-corrected chi connectivity index (χ1v) is 8.14. The van der Waals surface area contributed by atoms with Gasteiger partial charge in [0.05, 0.1) is 11.1 Å². The lowest BCUT2D eigenvalue weighted by molar-refractivity contribution is -0.143. The zero-order chi connectivity index (χ0) is 15.2. The number of fused-ring (bicyclic) bond motifs is 1. The summed E-state index contributed by atoms with van der Waals surface area (Å²) < 4.78 is 5.01. The molecule has 1 aromatic carbocycles. The number of hydrogen-bond donors (Lipinski definition) is 0. The number of nitrogens with zero attached hydrogens (tertiary/aromatic N) is 1. The Labute approximate surface area is 127 Å². The Kier molecular flexibility index (Phi) is 5.38. The van der Waals surface area contributed by atoms with Crippen LogP contribution < -0.4 is 0 Å². The van der Waals surface area contributed by atoms with E-state index in [0.29, 0.717) is 24.2 Å². The molecule has 0 radical (unpaired) electrons. The molecule has 1 aliphatic heterocycles. The van der Waals surface area contributed by atoms with E-state index in [1.807, 2.05) is 6.26 Å². The number of benzene rings is 1. The van der Waals surface area contributed by atoms with Crippen LogP contribution in [0.2, 0.25) is 0 Å². The highest BCUT2D eigenvalue weighted by molar-refractivity contribution is 7.98. The van der Waals surface area contributed by atoms with E-state index < -0.39 is 0 Å². The van der Waals surface area contributed by atoms with Gasteiger partial charge in [0.15, 0.2) is 0 Å². The molecule has 0 bridgehead atoms. The minimum Gasteiger partial charge on any atom is -0.465 e. The van der Waals surface area contributed by atoms with E-state index >= 15 is 0 Å². The third-order valence-corrected chi connectivity index (χ3v) is 3.77. The first kappa shape index (κ1) is 15.6. The van der Waals surface area contributed by atoms with Gasteiger partial charge in [0, 0.05) is 18.7 Å². The second kappa shape index (κ2) is 7.26. The summed E-state index contributed by atoms with van der Waals surface area (Å²) in [4.78, 5) is 36.8. The van der Waals surface area contributed by atoms with Crippen molar-refractivity contribution in [3.05, 3.63) is 35.4 Å². The Morgan fingerprint density at radius 3 is 2.38 bits per heavy atom. The number of imide groups is 1. The van der Waals surface area contributed by atoms with Crippen molar-refractivity contribution in [1.82, 2.24) is 4.90 Å². The van der Waals surface area contributed by atoms with E-state index in [4.69, 9.17) is 4.74 Å². The van der Waals surface area contributed by atoms with Gasteiger partial charge in [0.25, 0.3) is 11.8 Å². The first-order chi connectivity index (χ1) is 10.1. The van der Waals surface area contributed by atoms with Crippen molar-refractivity contribution in [1.29, 1.82) is 0 Å². The lowest BCUT2D eigenvalue weighted by Crippen LogP contribution is -2.31. The average Bonchev–Trinajstić information content (AvgIpc) is 2.73. The second-order valence-corrected chi connectivity index (χ2v) is 5.61. The zero-order valence-electron chi connectivity index (χ0n) is 11.8. The van der Waals surface area contributed by atoms with Gasteiger partial charge < -0.3 is 4.74 Å². The summed E-state index contributed by atoms with van der Waals surface area (Å²) in [5.41, 5.74) is 0.870. The van der Waals surface area contributed by atoms with Crippen LogP contribution in [0.3, 0.4) is 0 Å². The summed E-state index contributed by atoms with van der Waals surface area (Å²) >= 11 is 1.61. The van der Waals surface area contributed by atoms with Gasteiger partial charge in [0.1, 0.15) is 6.61 Å². The van der Waals surface area contributed by atoms with Crippen LogP contribution in [0.15, 0.2) is 24.3 Å². The van der Waals surface area contributed by atoms with Gasteiger partial charge in [0.2, 0.25) is 0 Å². The van der Waals surface area contributed by atoms with Crippen molar-refractivity contribution in [2.75, 3.05) is 25.2 Å². The number of amides is 2. The van der Waals surface area contributed by atoms with E-state index in [9.17, 15) is 14.4 Å². The number of esters is 1. The molecule has 0 saturated heterocycles. The highest BCUT2D eigenvalue weighted by Crippen LogP contribution is 2.22. The normalized spacial score (nSPS) is 13.5. The third kappa shape index (κ3) is 3.64. The molecule has 0 aromatic heterocycles. The fraction of sp³-hybridized carbons (Fsp3) is 0.400. The SMILES string of the molecule is CSCCOC(=O)CCCN1C(=O)c2ccccc2C1=O. The number of carbonyl (C=O) groups is 3. The van der Waals surface area contributed by atoms with Crippen molar-refractivity contribution in [2.45, 2.75) is 12.8 Å². The van der Waals surface area contributed by atoms with E-state index in [0.717, 1.165) is 5.75 Å². The molecule has 21 heavy (non-hydrogen) atoms. The molecule has 5 nitrogen and oxygen atoms in total. The molecule has 0 unspecified atom stereocenters. The molecule has 0 fully saturated rings. The topological polar surface area (TPSA) is 63.7 Å². The predicted molar refractivity (Wildman–Crippen MR) is 80.4 cm³/mol. The molecule has 0 N–H and O–H groups in total. The zero-order valence-corrected chi connectivity index (χ0v) is 12.6. The molecule has 2 amide bonds. The maximum absolute atomic E-state index is 12.1. The predicted octanol–water partition coefficient (Wildman–Crippen LogP) is 1.97. The first-order valence-electron chi connectivity index (χ1n) is 6.75. The maximum atomic E-state index is 12.1. The number of ether oxygens (including phenoxy) is 1. The Morgan fingerprint density at radius 2 is 1.81 bits per heavy atom. The molecule has 0 spiro atoms. The van der Waals surface area contributed by atoms with Crippen molar-refractivity contribution >= 4 is 29.5 Å². The van der Waals surface area contributed by atoms with E-state index in [1.54, 1.807) is 36.0 Å². The van der Waals surface area contributed by atoms with Crippen molar-refractivity contribution in [3.8, 4) is 0 Å². The quantitative estimate of drug-likeness (QED) is 0.438. The standard InChI is InChI=1S/C15H17NO4S/c1-21-10-9-20-13(17)7-4-8-16-14(18)11-5-2-3-6-12(11)15(16)19/h2-3,5-6H,4,7-10H2,1H3. The van der Waals surface area contributed by atoms with Crippen LogP contribution in [0.25, 0.3) is 0 Å². The summed E-state index contributed by atoms with van der Waals surface area (Å²) in [6.45, 7) is 0.636. The van der Waals surface area contributed by atoms with Gasteiger partial charge >= 0.3 is 5.97 Å². The highest BCUT2D eigenvalue weighted by atomic mass is 32.2. The van der Waals surface area contributed by atoms with Gasteiger partial charge in [-0.2, -0.15) is 11.8 Å². The van der Waals surface area contributed by atoms with Gasteiger partial charge in [-0.3, -0.25) is 19.3 Å². The molecule has 1 aromatic rings. The van der Waals surface area contributed by atoms with Gasteiger partial charge in [-0.15, -0.1) is 0 Å². The highest BCUT2D eigenvalue weighted by Gasteiger charge is 2.34. The lowest BCUT2D eigenvalue weighted by Gasteiger charge is -2.13. The van der Waals surface area contributed by atoms with Crippen LogP contribution in [-0.2, 0) is 9.53 Å².